The second-order valence-corrected chi connectivity index (χ2v) is 6.82. The number of hydrogen-bond acceptors (Lipinski definition) is 8. The molecule has 4 atom stereocenters. The van der Waals surface area contributed by atoms with Gasteiger partial charge < -0.3 is 29.9 Å². The molecule has 1 heterocycles. The molecule has 0 bridgehead atoms. The summed E-state index contributed by atoms with van der Waals surface area (Å²) in [6.45, 7) is 4.06. The van der Waals surface area contributed by atoms with Crippen LogP contribution in [0.4, 0.5) is 0 Å². The maximum atomic E-state index is 12.4. The Morgan fingerprint density at radius 3 is 2.71 bits per heavy atom. The monoisotopic (exact) mass is 394 g/mol. The van der Waals surface area contributed by atoms with E-state index in [0.717, 1.165) is 6.08 Å². The van der Waals surface area contributed by atoms with Crippen LogP contribution in [-0.2, 0) is 19.1 Å². The molecule has 154 valence electrons. The van der Waals surface area contributed by atoms with Crippen LogP contribution in [0, 0.1) is 5.92 Å². The molecular weight excluding hydrogens is 368 g/mol. The summed E-state index contributed by atoms with van der Waals surface area (Å²) in [4.78, 5) is 24.5. The first kappa shape index (κ1) is 22.0. The van der Waals surface area contributed by atoms with Crippen molar-refractivity contribution in [3.63, 3.8) is 0 Å². The van der Waals surface area contributed by atoms with Crippen molar-refractivity contribution in [2.24, 2.45) is 5.92 Å². The van der Waals surface area contributed by atoms with Crippen LogP contribution in [0.15, 0.2) is 47.1 Å². The van der Waals surface area contributed by atoms with Crippen molar-refractivity contribution in [2.75, 3.05) is 19.8 Å². The molecule has 4 N–H and O–H groups in total. The summed E-state index contributed by atoms with van der Waals surface area (Å²) in [5.41, 5.74) is 1.10. The molecule has 1 aliphatic heterocycles. The lowest BCUT2D eigenvalue weighted by molar-refractivity contribution is -0.147. The highest BCUT2D eigenvalue weighted by molar-refractivity contribution is 5.92. The standard InChI is InChI=1S/C20H26O8/c1-11-7-16-18(12(2)19(25)27-16)17(8-13(9-22)3-4-15(11)24)28-20(26)14(10-23)5-6-21/h3,5,7,15-18,21-24H,2,4,6,8-10H2,1H3. The lowest BCUT2D eigenvalue weighted by Gasteiger charge is -2.28. The van der Waals surface area contributed by atoms with E-state index < -0.39 is 49.4 Å². The van der Waals surface area contributed by atoms with E-state index in [1.165, 1.54) is 0 Å². The van der Waals surface area contributed by atoms with Crippen LogP contribution >= 0.6 is 0 Å². The van der Waals surface area contributed by atoms with Gasteiger partial charge in [0.25, 0.3) is 0 Å². The smallest absolute Gasteiger partial charge is 0.336 e. The van der Waals surface area contributed by atoms with Crippen molar-refractivity contribution in [2.45, 2.75) is 38.1 Å². The normalized spacial score (nSPS) is 28.8. The van der Waals surface area contributed by atoms with Crippen molar-refractivity contribution in [3.8, 4) is 0 Å². The third-order valence-corrected chi connectivity index (χ3v) is 4.94. The van der Waals surface area contributed by atoms with Crippen molar-refractivity contribution < 1.29 is 39.5 Å². The van der Waals surface area contributed by atoms with Gasteiger partial charge >= 0.3 is 11.9 Å². The minimum absolute atomic E-state index is 0.0938. The Morgan fingerprint density at radius 1 is 1.39 bits per heavy atom. The van der Waals surface area contributed by atoms with Gasteiger partial charge in [0.2, 0.25) is 0 Å². The molecule has 1 saturated heterocycles. The van der Waals surface area contributed by atoms with Crippen molar-refractivity contribution in [1.29, 1.82) is 0 Å². The molecule has 2 rings (SSSR count). The van der Waals surface area contributed by atoms with Gasteiger partial charge in [0, 0.05) is 12.0 Å². The van der Waals surface area contributed by atoms with Crippen LogP contribution in [0.2, 0.25) is 0 Å². The molecule has 4 unspecified atom stereocenters. The second-order valence-electron chi connectivity index (χ2n) is 6.82. The number of fused-ring (bicyclic) bond motifs is 1. The van der Waals surface area contributed by atoms with E-state index in [-0.39, 0.29) is 30.6 Å². The first-order chi connectivity index (χ1) is 13.3. The highest BCUT2D eigenvalue weighted by Gasteiger charge is 2.45. The average molecular weight is 394 g/mol. The fraction of sp³-hybridized carbons (Fsp3) is 0.500. The Morgan fingerprint density at radius 2 is 2.11 bits per heavy atom. The second kappa shape index (κ2) is 9.79. The molecule has 28 heavy (non-hydrogen) atoms. The maximum Gasteiger partial charge on any atom is 0.336 e. The molecule has 0 amide bonds. The molecule has 8 heteroatoms. The van der Waals surface area contributed by atoms with Crippen molar-refractivity contribution >= 4 is 11.9 Å². The van der Waals surface area contributed by atoms with Crippen LogP contribution in [0.3, 0.4) is 0 Å². The molecule has 0 radical (unpaired) electrons. The van der Waals surface area contributed by atoms with E-state index in [0.29, 0.717) is 11.1 Å². The largest absolute Gasteiger partial charge is 0.458 e. The number of rotatable bonds is 5. The minimum Gasteiger partial charge on any atom is -0.458 e. The van der Waals surface area contributed by atoms with Gasteiger partial charge in [-0.15, -0.1) is 0 Å². The average Bonchev–Trinajstić information content (AvgIpc) is 2.94. The Kier molecular flexibility index (Phi) is 7.70. The van der Waals surface area contributed by atoms with E-state index in [1.54, 1.807) is 19.1 Å². The third-order valence-electron chi connectivity index (χ3n) is 4.94. The summed E-state index contributed by atoms with van der Waals surface area (Å²) in [5.74, 6) is -2.19. The number of hydrogen-bond donors (Lipinski definition) is 4. The first-order valence-electron chi connectivity index (χ1n) is 8.99. The summed E-state index contributed by atoms with van der Waals surface area (Å²) in [6, 6.07) is 0. The van der Waals surface area contributed by atoms with Gasteiger partial charge in [-0.1, -0.05) is 12.7 Å². The fourth-order valence-electron chi connectivity index (χ4n) is 3.26. The number of carbonyl (C=O) groups is 2. The van der Waals surface area contributed by atoms with Crippen molar-refractivity contribution in [1.82, 2.24) is 0 Å². The predicted molar refractivity (Wildman–Crippen MR) is 98.8 cm³/mol. The summed E-state index contributed by atoms with van der Waals surface area (Å²) in [7, 11) is 0. The number of ether oxygens (including phenoxy) is 2. The fourth-order valence-corrected chi connectivity index (χ4v) is 3.26. The molecule has 8 nitrogen and oxygen atoms in total. The molecule has 1 fully saturated rings. The summed E-state index contributed by atoms with van der Waals surface area (Å²) in [5, 5.41) is 38.2. The van der Waals surface area contributed by atoms with E-state index >= 15 is 0 Å². The van der Waals surface area contributed by atoms with Crippen LogP contribution in [0.1, 0.15) is 19.8 Å². The first-order valence-corrected chi connectivity index (χ1v) is 8.99. The Labute approximate surface area is 163 Å². The van der Waals surface area contributed by atoms with Gasteiger partial charge in [-0.25, -0.2) is 9.59 Å². The minimum atomic E-state index is -0.900. The Balaban J connectivity index is 2.43. The quantitative estimate of drug-likeness (QED) is 0.289. The molecule has 0 aromatic heterocycles. The topological polar surface area (TPSA) is 134 Å². The van der Waals surface area contributed by atoms with Crippen LogP contribution in [-0.4, -0.2) is 70.5 Å². The Bertz CT molecular complexity index is 718. The zero-order valence-corrected chi connectivity index (χ0v) is 15.7. The van der Waals surface area contributed by atoms with Crippen LogP contribution in [0.25, 0.3) is 0 Å². The van der Waals surface area contributed by atoms with Gasteiger partial charge in [-0.2, -0.15) is 0 Å². The van der Waals surface area contributed by atoms with Gasteiger partial charge in [0.05, 0.1) is 37.4 Å². The summed E-state index contributed by atoms with van der Waals surface area (Å²) < 4.78 is 10.9. The SMILES string of the molecule is C=C1C(=O)OC2C=C(C)C(O)CC=C(CO)CC(OC(=O)C(=CCO)CO)C12. The molecule has 0 aromatic carbocycles. The van der Waals surface area contributed by atoms with E-state index in [9.17, 15) is 24.9 Å². The number of aliphatic hydroxyl groups is 4. The van der Waals surface area contributed by atoms with Gasteiger partial charge in [0.15, 0.2) is 0 Å². The van der Waals surface area contributed by atoms with Gasteiger partial charge in [0.1, 0.15) is 12.2 Å². The van der Waals surface area contributed by atoms with E-state index in [4.69, 9.17) is 14.6 Å². The molecule has 0 saturated carbocycles. The molecule has 1 aliphatic carbocycles. The molecule has 2 aliphatic rings. The summed E-state index contributed by atoms with van der Waals surface area (Å²) in [6.07, 6.45) is 2.26. The molecule has 0 spiro atoms. The Hall–Kier alpha value is -2.26. The van der Waals surface area contributed by atoms with Crippen LogP contribution < -0.4 is 0 Å². The van der Waals surface area contributed by atoms with Gasteiger partial charge in [-0.3, -0.25) is 0 Å². The lowest BCUT2D eigenvalue weighted by atomic mass is 9.85. The number of carbonyl (C=O) groups excluding carboxylic acids is 2. The summed E-state index contributed by atoms with van der Waals surface area (Å²) >= 11 is 0. The van der Waals surface area contributed by atoms with Crippen molar-refractivity contribution in [3.05, 3.63) is 47.1 Å². The maximum absolute atomic E-state index is 12.4. The third kappa shape index (κ3) is 4.96. The molecule has 0 aromatic rings. The number of esters is 2. The highest BCUT2D eigenvalue weighted by atomic mass is 16.6. The number of aliphatic hydroxyl groups excluding tert-OH is 4. The van der Waals surface area contributed by atoms with E-state index in [2.05, 4.69) is 6.58 Å². The van der Waals surface area contributed by atoms with Crippen LogP contribution in [0.5, 0.6) is 0 Å². The van der Waals surface area contributed by atoms with Gasteiger partial charge in [-0.05, 0) is 36.6 Å². The lowest BCUT2D eigenvalue weighted by Crippen LogP contribution is -2.35. The zero-order chi connectivity index (χ0) is 20.8. The van der Waals surface area contributed by atoms with E-state index in [1.807, 2.05) is 0 Å². The molecular formula is C20H26O8. The predicted octanol–water partition coefficient (Wildman–Crippen LogP) is -0.0733. The zero-order valence-electron chi connectivity index (χ0n) is 15.7. The highest BCUT2D eigenvalue weighted by Crippen LogP contribution is 2.36.